The van der Waals surface area contributed by atoms with Crippen LogP contribution in [0.25, 0.3) is 5.69 Å². The minimum absolute atomic E-state index is 0.106. The van der Waals surface area contributed by atoms with Crippen molar-refractivity contribution in [3.05, 3.63) is 80.8 Å². The molecule has 12 nitrogen and oxygen atoms in total. The van der Waals surface area contributed by atoms with Crippen LogP contribution in [0.5, 0.6) is 0 Å². The molecule has 2 aromatic carbocycles. The largest absolute Gasteiger partial charge is 0.416 e. The minimum Gasteiger partial charge on any atom is -0.377 e. The number of hydrogen-bond acceptors (Lipinski definition) is 9. The topological polar surface area (TPSA) is 134 Å². The summed E-state index contributed by atoms with van der Waals surface area (Å²) in [6.07, 6.45) is -3.35. The first-order valence-corrected chi connectivity index (χ1v) is 15.1. The average molecular weight is 624 g/mol. The molecule has 4 rings (SSSR count). The number of nitro groups is 1. The summed E-state index contributed by atoms with van der Waals surface area (Å²) in [5, 5.41) is 19.1. The van der Waals surface area contributed by atoms with Crippen LogP contribution in [-0.2, 0) is 16.2 Å². The number of sulfonamides is 1. The highest BCUT2D eigenvalue weighted by atomic mass is 32.2. The molecule has 232 valence electrons. The molecule has 0 bridgehead atoms. The van der Waals surface area contributed by atoms with Gasteiger partial charge in [-0.05, 0) is 37.4 Å². The lowest BCUT2D eigenvalue weighted by atomic mass is 10.2. The van der Waals surface area contributed by atoms with Crippen LogP contribution in [0.15, 0.2) is 64.4 Å². The number of para-hydroxylation sites is 1. The van der Waals surface area contributed by atoms with E-state index in [9.17, 15) is 36.5 Å². The summed E-state index contributed by atoms with van der Waals surface area (Å²) in [5.41, 5.74) is -1.53. The first-order chi connectivity index (χ1) is 20.4. The molecule has 1 aromatic heterocycles. The highest BCUT2D eigenvalue weighted by Gasteiger charge is 2.38. The van der Waals surface area contributed by atoms with E-state index in [1.54, 1.807) is 29.2 Å². The number of anilines is 2. The molecule has 3 aromatic rings. The molecule has 16 heteroatoms. The van der Waals surface area contributed by atoms with E-state index < -0.39 is 42.8 Å². The van der Waals surface area contributed by atoms with Crippen LogP contribution in [-0.4, -0.2) is 84.7 Å². The summed E-state index contributed by atoms with van der Waals surface area (Å²) in [5.74, 6) is 0. The van der Waals surface area contributed by atoms with Gasteiger partial charge in [-0.2, -0.15) is 27.3 Å². The SMILES string of the molecule is CCN(CC)CCNc1c(N2CCN(S(=O)(=O)c3ccc(C(F)(F)F)cc3[N+](=O)[O-])CC2)cnn(-c2ccccc2)c1=O. The molecule has 1 aliphatic rings. The number of piperazine rings is 1. The van der Waals surface area contributed by atoms with Crippen molar-refractivity contribution in [2.45, 2.75) is 24.9 Å². The van der Waals surface area contributed by atoms with Gasteiger partial charge in [0.25, 0.3) is 11.2 Å². The number of likely N-dealkylation sites (N-methyl/N-ethyl adjacent to an activating group) is 1. The number of rotatable bonds is 11. The average Bonchev–Trinajstić information content (AvgIpc) is 2.99. The maximum absolute atomic E-state index is 13.6. The maximum atomic E-state index is 13.6. The highest BCUT2D eigenvalue weighted by Crippen LogP contribution is 2.36. The summed E-state index contributed by atoms with van der Waals surface area (Å²) in [6, 6.07) is 10.2. The second kappa shape index (κ2) is 13.1. The Kier molecular flexibility index (Phi) is 9.72. The quantitative estimate of drug-likeness (QED) is 0.252. The molecule has 1 saturated heterocycles. The highest BCUT2D eigenvalue weighted by molar-refractivity contribution is 7.89. The van der Waals surface area contributed by atoms with E-state index in [-0.39, 0.29) is 32.2 Å². The molecular weight excluding hydrogens is 591 g/mol. The standard InChI is InChI=1S/C27H32F3N7O5S/c1-3-33(4-2)13-12-31-25-23(19-32-36(26(25)38)21-8-6-5-7-9-21)34-14-16-35(17-15-34)43(41,42)24-11-10-20(27(28,29)30)18-22(24)37(39)40/h5-11,18-19,31H,3-4,12-17H2,1-2H3. The van der Waals surface area contributed by atoms with E-state index in [4.69, 9.17) is 0 Å². The number of nitrogens with one attached hydrogen (secondary N) is 1. The van der Waals surface area contributed by atoms with Gasteiger partial charge in [0.1, 0.15) is 5.69 Å². The Labute approximate surface area is 246 Å². The Bertz CT molecular complexity index is 1610. The predicted molar refractivity (Wildman–Crippen MR) is 155 cm³/mol. The maximum Gasteiger partial charge on any atom is 0.416 e. The van der Waals surface area contributed by atoms with Gasteiger partial charge in [0, 0.05) is 45.3 Å². The fourth-order valence-corrected chi connectivity index (χ4v) is 6.41. The minimum atomic E-state index is -4.88. The lowest BCUT2D eigenvalue weighted by Gasteiger charge is -2.36. The first-order valence-electron chi connectivity index (χ1n) is 13.6. The van der Waals surface area contributed by atoms with Crippen LogP contribution in [0.3, 0.4) is 0 Å². The zero-order valence-corrected chi connectivity index (χ0v) is 24.4. The van der Waals surface area contributed by atoms with Crippen LogP contribution in [0, 0.1) is 10.1 Å². The zero-order valence-electron chi connectivity index (χ0n) is 23.6. The van der Waals surface area contributed by atoms with Crippen LogP contribution in [0.1, 0.15) is 19.4 Å². The zero-order chi connectivity index (χ0) is 31.4. The first kappa shape index (κ1) is 31.9. The van der Waals surface area contributed by atoms with Gasteiger partial charge in [0.2, 0.25) is 10.0 Å². The molecule has 0 spiro atoms. The van der Waals surface area contributed by atoms with Crippen molar-refractivity contribution < 1.29 is 26.5 Å². The monoisotopic (exact) mass is 623 g/mol. The molecule has 0 aliphatic carbocycles. The van der Waals surface area contributed by atoms with E-state index in [1.165, 1.54) is 10.9 Å². The second-order valence-electron chi connectivity index (χ2n) is 9.74. The fourth-order valence-electron chi connectivity index (χ4n) is 4.85. The van der Waals surface area contributed by atoms with Gasteiger partial charge in [0.15, 0.2) is 4.90 Å². The van der Waals surface area contributed by atoms with Gasteiger partial charge in [-0.25, -0.2) is 8.42 Å². The third kappa shape index (κ3) is 6.97. The van der Waals surface area contributed by atoms with Crippen molar-refractivity contribution >= 4 is 27.1 Å². The number of aromatic nitrogens is 2. The van der Waals surface area contributed by atoms with Gasteiger partial charge in [-0.3, -0.25) is 14.9 Å². The van der Waals surface area contributed by atoms with Crippen LogP contribution < -0.4 is 15.8 Å². The molecule has 1 fully saturated rings. The van der Waals surface area contributed by atoms with E-state index in [1.807, 2.05) is 19.9 Å². The number of alkyl halides is 3. The lowest BCUT2D eigenvalue weighted by molar-refractivity contribution is -0.388. The Morgan fingerprint density at radius 2 is 1.70 bits per heavy atom. The molecule has 0 radical (unpaired) electrons. The fraction of sp³-hybridized carbons (Fsp3) is 0.407. The third-order valence-corrected chi connectivity index (χ3v) is 9.21. The molecule has 0 unspecified atom stereocenters. The van der Waals surface area contributed by atoms with E-state index >= 15 is 0 Å². The smallest absolute Gasteiger partial charge is 0.377 e. The van der Waals surface area contributed by atoms with Gasteiger partial charge in [-0.15, -0.1) is 0 Å². The normalized spacial score (nSPS) is 14.7. The van der Waals surface area contributed by atoms with Gasteiger partial charge in [0.05, 0.1) is 28.1 Å². The summed E-state index contributed by atoms with van der Waals surface area (Å²) >= 11 is 0. The number of halogens is 3. The van der Waals surface area contributed by atoms with E-state index in [2.05, 4.69) is 15.3 Å². The lowest BCUT2D eigenvalue weighted by Crippen LogP contribution is -2.49. The van der Waals surface area contributed by atoms with E-state index in [0.29, 0.717) is 42.3 Å². The third-order valence-electron chi connectivity index (χ3n) is 7.26. The van der Waals surface area contributed by atoms with Crippen LogP contribution >= 0.6 is 0 Å². The van der Waals surface area contributed by atoms with Gasteiger partial charge >= 0.3 is 6.18 Å². The number of nitrogens with zero attached hydrogens (tertiary/aromatic N) is 6. The van der Waals surface area contributed by atoms with Crippen molar-refractivity contribution in [2.75, 3.05) is 62.6 Å². The van der Waals surface area contributed by atoms with Crippen molar-refractivity contribution in [3.63, 3.8) is 0 Å². The second-order valence-corrected chi connectivity index (χ2v) is 11.6. The Balaban J connectivity index is 1.60. The predicted octanol–water partition coefficient (Wildman–Crippen LogP) is 3.42. The number of hydrogen-bond donors (Lipinski definition) is 1. The van der Waals surface area contributed by atoms with Gasteiger partial charge < -0.3 is 15.1 Å². The molecule has 1 N–H and O–H groups in total. The Morgan fingerprint density at radius 1 is 1.05 bits per heavy atom. The molecule has 43 heavy (non-hydrogen) atoms. The van der Waals surface area contributed by atoms with Crippen molar-refractivity contribution in [3.8, 4) is 5.69 Å². The Hall–Kier alpha value is -4.02. The van der Waals surface area contributed by atoms with E-state index in [0.717, 1.165) is 17.4 Å². The molecular formula is C27H32F3N7O5S. The van der Waals surface area contributed by atoms with Crippen LogP contribution in [0.4, 0.5) is 30.2 Å². The van der Waals surface area contributed by atoms with Crippen LogP contribution in [0.2, 0.25) is 0 Å². The molecule has 2 heterocycles. The number of benzene rings is 2. The van der Waals surface area contributed by atoms with Gasteiger partial charge in [-0.1, -0.05) is 32.0 Å². The summed E-state index contributed by atoms with van der Waals surface area (Å²) in [6.45, 7) is 6.86. The summed E-state index contributed by atoms with van der Waals surface area (Å²) in [7, 11) is -4.50. The molecule has 0 amide bonds. The summed E-state index contributed by atoms with van der Waals surface area (Å²) in [4.78, 5) is 27.2. The van der Waals surface area contributed by atoms with Crippen molar-refractivity contribution in [1.29, 1.82) is 0 Å². The number of nitro benzene ring substituents is 1. The van der Waals surface area contributed by atoms with Crippen molar-refractivity contribution in [1.82, 2.24) is 19.0 Å². The molecule has 1 aliphatic heterocycles. The Morgan fingerprint density at radius 3 is 2.28 bits per heavy atom. The molecule has 0 saturated carbocycles. The molecule has 0 atom stereocenters. The summed E-state index contributed by atoms with van der Waals surface area (Å²) < 4.78 is 68.3. The van der Waals surface area contributed by atoms with Crippen molar-refractivity contribution in [2.24, 2.45) is 0 Å².